The van der Waals surface area contributed by atoms with Crippen molar-refractivity contribution in [2.75, 3.05) is 11.3 Å². The van der Waals surface area contributed by atoms with E-state index in [1.54, 1.807) is 31.2 Å². The maximum atomic E-state index is 12.7. The Morgan fingerprint density at radius 1 is 0.968 bits per heavy atom. The van der Waals surface area contributed by atoms with Gasteiger partial charge in [0.05, 0.1) is 4.90 Å². The predicted molar refractivity (Wildman–Crippen MR) is 123 cm³/mol. The minimum atomic E-state index is -3.71. The van der Waals surface area contributed by atoms with Gasteiger partial charge in [-0.25, -0.2) is 8.42 Å². The third kappa shape index (κ3) is 6.99. The van der Waals surface area contributed by atoms with Crippen molar-refractivity contribution in [1.82, 2.24) is 5.32 Å². The Bertz CT molecular complexity index is 979. The van der Waals surface area contributed by atoms with Gasteiger partial charge in [-0.1, -0.05) is 49.8 Å². The molecule has 0 heterocycles. The highest BCUT2D eigenvalue weighted by molar-refractivity contribution is 7.92. The average Bonchev–Trinajstić information content (AvgIpc) is 2.70. The number of carbonyl (C=O) groups excluding carboxylic acids is 1. The summed E-state index contributed by atoms with van der Waals surface area (Å²) in [7, 11) is -3.71. The summed E-state index contributed by atoms with van der Waals surface area (Å²) in [6, 6.07) is 12.0. The van der Waals surface area contributed by atoms with Crippen LogP contribution in [0.25, 0.3) is 0 Å². The van der Waals surface area contributed by atoms with Crippen LogP contribution in [0.1, 0.15) is 56.1 Å². The normalized spacial score (nSPS) is 15.5. The lowest BCUT2D eigenvalue weighted by Gasteiger charge is -2.21. The van der Waals surface area contributed by atoms with Crippen LogP contribution in [0.15, 0.2) is 47.4 Å². The number of hydrogen-bond acceptors (Lipinski definition) is 4. The van der Waals surface area contributed by atoms with Gasteiger partial charge < -0.3 is 10.1 Å². The second-order valence-electron chi connectivity index (χ2n) is 8.30. The lowest BCUT2D eigenvalue weighted by Crippen LogP contribution is -2.38. The van der Waals surface area contributed by atoms with E-state index in [1.807, 2.05) is 19.1 Å². The smallest absolute Gasteiger partial charge is 0.261 e. The first-order chi connectivity index (χ1) is 14.8. The fourth-order valence-corrected chi connectivity index (χ4v) is 4.94. The zero-order valence-corrected chi connectivity index (χ0v) is 19.1. The Morgan fingerprint density at radius 2 is 1.61 bits per heavy atom. The van der Waals surface area contributed by atoms with Gasteiger partial charge in [-0.05, 0) is 62.6 Å². The third-order valence-corrected chi connectivity index (χ3v) is 6.97. The summed E-state index contributed by atoms with van der Waals surface area (Å²) >= 11 is 0. The molecule has 31 heavy (non-hydrogen) atoms. The first-order valence-corrected chi connectivity index (χ1v) is 12.4. The van der Waals surface area contributed by atoms with Crippen LogP contribution < -0.4 is 14.8 Å². The SMILES string of the molecule is Cc1ccc(NS(=O)(=O)c2ccc(OCC(=O)NC3CCCCCCC3)c(C)c2)cc1. The number of rotatable bonds is 7. The fraction of sp³-hybridized carbons (Fsp3) is 0.458. The van der Waals surface area contributed by atoms with E-state index in [1.165, 1.54) is 25.3 Å². The van der Waals surface area contributed by atoms with Crippen molar-refractivity contribution in [1.29, 1.82) is 0 Å². The summed E-state index contributed by atoms with van der Waals surface area (Å²) in [5.74, 6) is 0.366. The summed E-state index contributed by atoms with van der Waals surface area (Å²) in [5.41, 5.74) is 2.22. The van der Waals surface area contributed by atoms with Gasteiger partial charge in [-0.2, -0.15) is 0 Å². The monoisotopic (exact) mass is 444 g/mol. The van der Waals surface area contributed by atoms with Gasteiger partial charge >= 0.3 is 0 Å². The maximum Gasteiger partial charge on any atom is 0.261 e. The Labute approximate surface area is 185 Å². The number of nitrogens with one attached hydrogen (secondary N) is 2. The van der Waals surface area contributed by atoms with Crippen LogP contribution >= 0.6 is 0 Å². The number of benzene rings is 2. The quantitative estimate of drug-likeness (QED) is 0.648. The standard InChI is InChI=1S/C24H32N2O4S/c1-18-10-12-21(13-11-18)26-31(28,29)22-14-15-23(19(2)16-22)30-17-24(27)25-20-8-6-4-3-5-7-9-20/h10-16,20,26H,3-9,17H2,1-2H3,(H,25,27). The Kier molecular flexibility index (Phi) is 7.96. The van der Waals surface area contributed by atoms with Crippen LogP contribution in [0.3, 0.4) is 0 Å². The third-order valence-electron chi connectivity index (χ3n) is 5.59. The van der Waals surface area contributed by atoms with Crippen LogP contribution in [0.2, 0.25) is 0 Å². The van der Waals surface area contributed by atoms with E-state index in [9.17, 15) is 13.2 Å². The van der Waals surface area contributed by atoms with Crippen LogP contribution in [0, 0.1) is 13.8 Å². The van der Waals surface area contributed by atoms with Gasteiger partial charge in [0, 0.05) is 11.7 Å². The molecule has 1 amide bonds. The number of sulfonamides is 1. The first kappa shape index (κ1) is 23.1. The van der Waals surface area contributed by atoms with Gasteiger partial charge in [0.1, 0.15) is 5.75 Å². The molecule has 7 heteroatoms. The van der Waals surface area contributed by atoms with Crippen molar-refractivity contribution < 1.29 is 17.9 Å². The summed E-state index contributed by atoms with van der Waals surface area (Å²) in [4.78, 5) is 12.5. The number of carbonyl (C=O) groups is 1. The predicted octanol–water partition coefficient (Wildman–Crippen LogP) is 4.71. The molecule has 2 aromatic rings. The Morgan fingerprint density at radius 3 is 2.26 bits per heavy atom. The molecule has 0 aliphatic heterocycles. The molecule has 0 spiro atoms. The highest BCUT2D eigenvalue weighted by atomic mass is 32.2. The van der Waals surface area contributed by atoms with Crippen molar-refractivity contribution in [3.8, 4) is 5.75 Å². The Hall–Kier alpha value is -2.54. The van der Waals surface area contributed by atoms with Crippen LogP contribution in [0.4, 0.5) is 5.69 Å². The van der Waals surface area contributed by atoms with Crippen molar-refractivity contribution in [3.63, 3.8) is 0 Å². The second kappa shape index (κ2) is 10.7. The molecule has 0 radical (unpaired) electrons. The number of ether oxygens (including phenoxy) is 1. The number of amides is 1. The van der Waals surface area contributed by atoms with E-state index >= 15 is 0 Å². The average molecular weight is 445 g/mol. The van der Waals surface area contributed by atoms with Crippen LogP contribution in [-0.2, 0) is 14.8 Å². The molecule has 6 nitrogen and oxygen atoms in total. The van der Waals surface area contributed by atoms with E-state index in [4.69, 9.17) is 4.74 Å². The largest absolute Gasteiger partial charge is 0.484 e. The zero-order chi connectivity index (χ0) is 22.3. The molecule has 0 atom stereocenters. The summed E-state index contributed by atoms with van der Waals surface area (Å²) in [6.45, 7) is 3.64. The molecular weight excluding hydrogens is 412 g/mol. The van der Waals surface area contributed by atoms with E-state index in [-0.39, 0.29) is 23.5 Å². The topological polar surface area (TPSA) is 84.5 Å². The number of hydrogen-bond donors (Lipinski definition) is 2. The van der Waals surface area contributed by atoms with Gasteiger partial charge in [-0.3, -0.25) is 9.52 Å². The highest BCUT2D eigenvalue weighted by Gasteiger charge is 2.17. The molecule has 0 bridgehead atoms. The van der Waals surface area contributed by atoms with Crippen molar-refractivity contribution in [3.05, 3.63) is 53.6 Å². The van der Waals surface area contributed by atoms with Gasteiger partial charge in [-0.15, -0.1) is 0 Å². The first-order valence-electron chi connectivity index (χ1n) is 11.0. The second-order valence-corrected chi connectivity index (χ2v) is 9.98. The minimum absolute atomic E-state index is 0.0783. The lowest BCUT2D eigenvalue weighted by atomic mass is 9.97. The summed E-state index contributed by atoms with van der Waals surface area (Å²) in [6.07, 6.45) is 8.09. The number of aryl methyl sites for hydroxylation is 2. The van der Waals surface area contributed by atoms with Gasteiger partial charge in [0.2, 0.25) is 0 Å². The fourth-order valence-electron chi connectivity index (χ4n) is 3.80. The van der Waals surface area contributed by atoms with Gasteiger partial charge in [0.25, 0.3) is 15.9 Å². The minimum Gasteiger partial charge on any atom is -0.484 e. The van der Waals surface area contributed by atoms with Gasteiger partial charge in [0.15, 0.2) is 6.61 Å². The van der Waals surface area contributed by atoms with Crippen LogP contribution in [-0.4, -0.2) is 27.0 Å². The molecule has 1 fully saturated rings. The summed E-state index contributed by atoms with van der Waals surface area (Å²) < 4.78 is 33.6. The molecule has 2 N–H and O–H groups in total. The Balaban J connectivity index is 1.57. The molecule has 0 saturated heterocycles. The van der Waals surface area contributed by atoms with E-state index in [0.29, 0.717) is 17.0 Å². The zero-order valence-electron chi connectivity index (χ0n) is 18.3. The van der Waals surface area contributed by atoms with E-state index in [0.717, 1.165) is 31.2 Å². The molecule has 168 valence electrons. The molecule has 1 aliphatic carbocycles. The van der Waals surface area contributed by atoms with Crippen molar-refractivity contribution in [2.45, 2.75) is 69.7 Å². The molecule has 3 rings (SSSR count). The highest BCUT2D eigenvalue weighted by Crippen LogP contribution is 2.24. The molecule has 1 aliphatic rings. The van der Waals surface area contributed by atoms with Crippen LogP contribution in [0.5, 0.6) is 5.75 Å². The van der Waals surface area contributed by atoms with E-state index < -0.39 is 10.0 Å². The number of anilines is 1. The van der Waals surface area contributed by atoms with E-state index in [2.05, 4.69) is 10.0 Å². The molecule has 1 saturated carbocycles. The van der Waals surface area contributed by atoms with Crippen molar-refractivity contribution >= 4 is 21.6 Å². The molecule has 2 aromatic carbocycles. The molecular formula is C24H32N2O4S. The maximum absolute atomic E-state index is 12.7. The summed E-state index contributed by atoms with van der Waals surface area (Å²) in [5, 5.41) is 3.07. The molecule has 0 unspecified atom stereocenters. The molecule has 0 aromatic heterocycles. The van der Waals surface area contributed by atoms with Crippen molar-refractivity contribution in [2.24, 2.45) is 0 Å². The lowest BCUT2D eigenvalue weighted by molar-refractivity contribution is -0.123.